The van der Waals surface area contributed by atoms with E-state index in [0.717, 1.165) is 11.5 Å². The number of rotatable bonds is 6. The number of benzene rings is 1. The molecule has 1 nitrogen and oxygen atoms in total. The van der Waals surface area contributed by atoms with Crippen molar-refractivity contribution in [1.82, 2.24) is 0 Å². The van der Waals surface area contributed by atoms with Gasteiger partial charge in [-0.05, 0) is 36.0 Å². The zero-order valence-corrected chi connectivity index (χ0v) is 10.8. The maximum atomic E-state index is 13.1. The fourth-order valence-electron chi connectivity index (χ4n) is 1.43. The van der Waals surface area contributed by atoms with Crippen molar-refractivity contribution < 1.29 is 9.50 Å². The fourth-order valence-corrected chi connectivity index (χ4v) is 2.36. The van der Waals surface area contributed by atoms with E-state index in [1.165, 1.54) is 6.07 Å². The summed E-state index contributed by atoms with van der Waals surface area (Å²) in [5.41, 5.74) is 0.677. The Hall–Kier alpha value is -0.250. The Morgan fingerprint density at radius 3 is 2.94 bits per heavy atom. The molecule has 0 aliphatic rings. The smallest absolute Gasteiger partial charge is 0.142 e. The monoisotopic (exact) mass is 262 g/mol. The molecule has 0 fully saturated rings. The molecule has 16 heavy (non-hydrogen) atoms. The van der Waals surface area contributed by atoms with E-state index in [1.807, 2.05) is 0 Å². The van der Waals surface area contributed by atoms with Crippen molar-refractivity contribution in [2.75, 3.05) is 11.5 Å². The van der Waals surface area contributed by atoms with Crippen LogP contribution in [0.15, 0.2) is 18.2 Å². The lowest BCUT2D eigenvalue weighted by atomic mass is 10.1. The Morgan fingerprint density at radius 1 is 1.50 bits per heavy atom. The topological polar surface area (TPSA) is 20.2 Å². The summed E-state index contributed by atoms with van der Waals surface area (Å²) in [6.45, 7) is 2.08. The summed E-state index contributed by atoms with van der Waals surface area (Å²) in [6, 6.07) is 4.69. The predicted molar refractivity (Wildman–Crippen MR) is 68.7 cm³/mol. The average molecular weight is 263 g/mol. The molecule has 0 heterocycles. The van der Waals surface area contributed by atoms with E-state index in [9.17, 15) is 9.50 Å². The van der Waals surface area contributed by atoms with Crippen molar-refractivity contribution in [3.63, 3.8) is 0 Å². The minimum atomic E-state index is -0.446. The molecule has 4 heteroatoms. The first-order valence-electron chi connectivity index (χ1n) is 5.33. The second kappa shape index (κ2) is 7.15. The molecule has 0 spiro atoms. The van der Waals surface area contributed by atoms with Crippen LogP contribution < -0.4 is 0 Å². The van der Waals surface area contributed by atoms with Gasteiger partial charge in [-0.2, -0.15) is 11.8 Å². The molecule has 1 unspecified atom stereocenters. The summed E-state index contributed by atoms with van der Waals surface area (Å²) in [7, 11) is 0. The molecule has 1 rings (SSSR count). The maximum Gasteiger partial charge on any atom is 0.142 e. The highest BCUT2D eigenvalue weighted by Crippen LogP contribution is 2.21. The molecule has 0 bridgehead atoms. The zero-order valence-electron chi connectivity index (χ0n) is 9.25. The highest BCUT2D eigenvalue weighted by Gasteiger charge is 2.10. The van der Waals surface area contributed by atoms with Crippen molar-refractivity contribution in [1.29, 1.82) is 0 Å². The number of halogens is 2. The summed E-state index contributed by atoms with van der Waals surface area (Å²) in [6.07, 6.45) is 0.685. The Morgan fingerprint density at radius 2 is 2.25 bits per heavy atom. The Kier molecular flexibility index (Phi) is 6.17. The molecule has 0 radical (unpaired) electrons. The lowest BCUT2D eigenvalue weighted by molar-refractivity contribution is 0.172. The van der Waals surface area contributed by atoms with Crippen LogP contribution in [0.1, 0.15) is 18.9 Å². The fraction of sp³-hybridized carbons (Fsp3) is 0.500. The SMILES string of the molecule is CCSCCC(O)Cc1cccc(F)c1Cl. The quantitative estimate of drug-likeness (QED) is 0.792. The van der Waals surface area contributed by atoms with Crippen molar-refractivity contribution in [2.45, 2.75) is 25.9 Å². The van der Waals surface area contributed by atoms with E-state index in [4.69, 9.17) is 11.6 Å². The highest BCUT2D eigenvalue weighted by molar-refractivity contribution is 7.99. The summed E-state index contributed by atoms with van der Waals surface area (Å²) < 4.78 is 13.1. The van der Waals surface area contributed by atoms with Gasteiger partial charge in [-0.15, -0.1) is 0 Å². The lowest BCUT2D eigenvalue weighted by Gasteiger charge is -2.11. The molecule has 0 saturated carbocycles. The summed E-state index contributed by atoms with van der Waals surface area (Å²) in [5.74, 6) is 1.55. The number of aliphatic hydroxyl groups is 1. The predicted octanol–water partition coefficient (Wildman–Crippen LogP) is 3.53. The van der Waals surface area contributed by atoms with Crippen molar-refractivity contribution in [3.05, 3.63) is 34.6 Å². The first-order valence-corrected chi connectivity index (χ1v) is 6.87. The van der Waals surface area contributed by atoms with Crippen LogP contribution >= 0.6 is 23.4 Å². The number of aliphatic hydroxyl groups excluding tert-OH is 1. The maximum absolute atomic E-state index is 13.1. The lowest BCUT2D eigenvalue weighted by Crippen LogP contribution is -2.12. The molecule has 1 aromatic rings. The molecule has 1 aromatic carbocycles. The number of hydrogen-bond donors (Lipinski definition) is 1. The Labute approximate surface area is 105 Å². The summed E-state index contributed by atoms with van der Waals surface area (Å²) in [5, 5.41) is 9.88. The Balaban J connectivity index is 2.49. The number of hydrogen-bond acceptors (Lipinski definition) is 2. The third-order valence-corrected chi connectivity index (χ3v) is 3.64. The number of thioether (sulfide) groups is 1. The normalized spacial score (nSPS) is 12.8. The molecule has 0 aliphatic carbocycles. The van der Waals surface area contributed by atoms with Crippen LogP contribution in [0.5, 0.6) is 0 Å². The van der Waals surface area contributed by atoms with Crippen LogP contribution in [-0.2, 0) is 6.42 Å². The van der Waals surface area contributed by atoms with Gasteiger partial charge < -0.3 is 5.11 Å². The van der Waals surface area contributed by atoms with Gasteiger partial charge in [0.05, 0.1) is 11.1 Å². The summed E-state index contributed by atoms with van der Waals surface area (Å²) >= 11 is 7.59. The van der Waals surface area contributed by atoms with Gasteiger partial charge in [-0.25, -0.2) is 4.39 Å². The van der Waals surface area contributed by atoms with E-state index in [1.54, 1.807) is 23.9 Å². The Bertz CT molecular complexity index is 333. The minimum Gasteiger partial charge on any atom is -0.393 e. The van der Waals surface area contributed by atoms with Crippen molar-refractivity contribution in [3.8, 4) is 0 Å². The molecular formula is C12H16ClFOS. The van der Waals surface area contributed by atoms with Gasteiger partial charge >= 0.3 is 0 Å². The third-order valence-electron chi connectivity index (χ3n) is 2.29. The second-order valence-electron chi connectivity index (χ2n) is 3.56. The standard InChI is InChI=1S/C12H16ClFOS/c1-2-16-7-6-10(15)8-9-4-3-5-11(14)12(9)13/h3-5,10,15H,2,6-8H2,1H3. The van der Waals surface area contributed by atoms with E-state index in [2.05, 4.69) is 6.92 Å². The van der Waals surface area contributed by atoms with Crippen LogP contribution in [-0.4, -0.2) is 22.7 Å². The highest BCUT2D eigenvalue weighted by atomic mass is 35.5. The van der Waals surface area contributed by atoms with Crippen molar-refractivity contribution >= 4 is 23.4 Å². The molecule has 1 N–H and O–H groups in total. The first-order chi connectivity index (χ1) is 7.65. The van der Waals surface area contributed by atoms with Gasteiger partial charge in [0.1, 0.15) is 5.82 Å². The van der Waals surface area contributed by atoms with Gasteiger partial charge in [-0.1, -0.05) is 30.7 Å². The van der Waals surface area contributed by atoms with E-state index >= 15 is 0 Å². The molecule has 90 valence electrons. The minimum absolute atomic E-state index is 0.129. The van der Waals surface area contributed by atoms with Crippen LogP contribution in [0, 0.1) is 5.82 Å². The van der Waals surface area contributed by atoms with Gasteiger partial charge in [0.25, 0.3) is 0 Å². The summed E-state index contributed by atoms with van der Waals surface area (Å²) in [4.78, 5) is 0. The molecule has 1 atom stereocenters. The molecule has 0 aromatic heterocycles. The van der Waals surface area contributed by atoms with Gasteiger partial charge in [0.15, 0.2) is 0 Å². The van der Waals surface area contributed by atoms with Gasteiger partial charge in [0, 0.05) is 0 Å². The zero-order chi connectivity index (χ0) is 12.0. The van der Waals surface area contributed by atoms with Gasteiger partial charge in [0.2, 0.25) is 0 Å². The second-order valence-corrected chi connectivity index (χ2v) is 5.33. The van der Waals surface area contributed by atoms with Crippen LogP contribution in [0.4, 0.5) is 4.39 Å². The first kappa shape index (κ1) is 13.8. The average Bonchev–Trinajstić information content (AvgIpc) is 2.25. The van der Waals surface area contributed by atoms with Crippen LogP contribution in [0.25, 0.3) is 0 Å². The molecular weight excluding hydrogens is 247 g/mol. The van der Waals surface area contributed by atoms with Crippen molar-refractivity contribution in [2.24, 2.45) is 0 Å². The molecule has 0 aliphatic heterocycles. The largest absolute Gasteiger partial charge is 0.393 e. The van der Waals surface area contributed by atoms with E-state index in [0.29, 0.717) is 18.4 Å². The molecule has 0 saturated heterocycles. The van der Waals surface area contributed by atoms with Crippen LogP contribution in [0.2, 0.25) is 5.02 Å². The van der Waals surface area contributed by atoms with E-state index < -0.39 is 11.9 Å². The van der Waals surface area contributed by atoms with Crippen LogP contribution in [0.3, 0.4) is 0 Å². The van der Waals surface area contributed by atoms with Gasteiger partial charge in [-0.3, -0.25) is 0 Å². The van der Waals surface area contributed by atoms with E-state index in [-0.39, 0.29) is 5.02 Å². The third kappa shape index (κ3) is 4.32. The molecule has 0 amide bonds.